The first kappa shape index (κ1) is 15.5. The Balaban J connectivity index is 0.00000180. The molecule has 0 atom stereocenters. The van der Waals surface area contributed by atoms with Crippen LogP contribution in [0.25, 0.3) is 10.9 Å². The van der Waals surface area contributed by atoms with Crippen molar-refractivity contribution in [3.63, 3.8) is 0 Å². The molecule has 2 aromatic rings. The third-order valence-electron chi connectivity index (χ3n) is 2.83. The van der Waals surface area contributed by atoms with Crippen LogP contribution in [0.4, 0.5) is 5.95 Å². The summed E-state index contributed by atoms with van der Waals surface area (Å²) in [6.07, 6.45) is 0. The lowest BCUT2D eigenvalue weighted by Gasteiger charge is -2.13. The maximum absolute atomic E-state index is 12.1. The molecule has 104 valence electrons. The molecule has 0 aliphatic rings. The molecule has 0 aliphatic heterocycles. The van der Waals surface area contributed by atoms with Gasteiger partial charge in [-0.25, -0.2) is 4.98 Å². The summed E-state index contributed by atoms with van der Waals surface area (Å²) in [6, 6.07) is 7.39. The van der Waals surface area contributed by atoms with Crippen LogP contribution in [-0.2, 0) is 7.05 Å². The summed E-state index contributed by atoms with van der Waals surface area (Å²) in [5.41, 5.74) is 0.709. The number of hydrogen-bond donors (Lipinski definition) is 1. The number of benzene rings is 1. The van der Waals surface area contributed by atoms with Crippen LogP contribution < -0.4 is 10.9 Å². The molecule has 1 heterocycles. The Labute approximate surface area is 118 Å². The van der Waals surface area contributed by atoms with E-state index in [1.54, 1.807) is 17.7 Å². The standard InChI is InChI=1S/C13H18N4O.ClH/c1-16(2)9-8-14-13-15-11-7-5-4-6-10(11)12(18)17(13)3;/h4-7H,8-9H2,1-3H3,(H,14,15);1H. The minimum Gasteiger partial charge on any atom is -0.354 e. The van der Waals surface area contributed by atoms with Gasteiger partial charge >= 0.3 is 0 Å². The van der Waals surface area contributed by atoms with Gasteiger partial charge in [0.1, 0.15) is 0 Å². The van der Waals surface area contributed by atoms with Crippen molar-refractivity contribution in [2.24, 2.45) is 7.05 Å². The quantitative estimate of drug-likeness (QED) is 0.919. The molecule has 5 nitrogen and oxygen atoms in total. The molecule has 0 saturated carbocycles. The molecular weight excluding hydrogens is 264 g/mol. The van der Waals surface area contributed by atoms with Crippen LogP contribution in [0.1, 0.15) is 0 Å². The van der Waals surface area contributed by atoms with Gasteiger partial charge in [-0.05, 0) is 26.2 Å². The molecule has 0 fully saturated rings. The summed E-state index contributed by atoms with van der Waals surface area (Å²) in [7, 11) is 5.75. The zero-order chi connectivity index (χ0) is 13.1. The topological polar surface area (TPSA) is 50.2 Å². The van der Waals surface area contributed by atoms with E-state index < -0.39 is 0 Å². The van der Waals surface area contributed by atoms with E-state index in [-0.39, 0.29) is 18.0 Å². The smallest absolute Gasteiger partial charge is 0.262 e. The highest BCUT2D eigenvalue weighted by molar-refractivity contribution is 5.85. The second-order valence-corrected chi connectivity index (χ2v) is 4.55. The Bertz CT molecular complexity index is 609. The minimum absolute atomic E-state index is 0. The molecule has 0 amide bonds. The van der Waals surface area contributed by atoms with Gasteiger partial charge in [-0.15, -0.1) is 12.4 Å². The maximum Gasteiger partial charge on any atom is 0.262 e. The summed E-state index contributed by atoms with van der Waals surface area (Å²) in [5, 5.41) is 3.84. The molecule has 0 radical (unpaired) electrons. The van der Waals surface area contributed by atoms with Gasteiger partial charge in [-0.1, -0.05) is 12.1 Å². The van der Waals surface area contributed by atoms with Gasteiger partial charge in [0.15, 0.2) is 0 Å². The van der Waals surface area contributed by atoms with Crippen molar-refractivity contribution in [2.75, 3.05) is 32.5 Å². The van der Waals surface area contributed by atoms with Gasteiger partial charge in [0.05, 0.1) is 10.9 Å². The van der Waals surface area contributed by atoms with E-state index in [0.29, 0.717) is 11.3 Å². The van der Waals surface area contributed by atoms with Crippen LogP contribution in [-0.4, -0.2) is 41.6 Å². The number of para-hydroxylation sites is 1. The fourth-order valence-corrected chi connectivity index (χ4v) is 1.77. The lowest BCUT2D eigenvalue weighted by atomic mass is 10.2. The van der Waals surface area contributed by atoms with Crippen LogP contribution in [0.2, 0.25) is 0 Å². The predicted octanol–water partition coefficient (Wildman–Crippen LogP) is 1.33. The largest absolute Gasteiger partial charge is 0.354 e. The lowest BCUT2D eigenvalue weighted by molar-refractivity contribution is 0.424. The van der Waals surface area contributed by atoms with Crippen LogP contribution >= 0.6 is 12.4 Å². The number of nitrogens with one attached hydrogen (secondary N) is 1. The van der Waals surface area contributed by atoms with Crippen molar-refractivity contribution >= 4 is 29.3 Å². The Morgan fingerprint density at radius 1 is 1.32 bits per heavy atom. The monoisotopic (exact) mass is 282 g/mol. The summed E-state index contributed by atoms with van der Waals surface area (Å²) in [5.74, 6) is 0.612. The first-order valence-electron chi connectivity index (χ1n) is 5.94. The van der Waals surface area contributed by atoms with Gasteiger partial charge in [0, 0.05) is 20.1 Å². The molecule has 1 aromatic carbocycles. The number of anilines is 1. The highest BCUT2D eigenvalue weighted by Gasteiger charge is 2.06. The average molecular weight is 283 g/mol. The van der Waals surface area contributed by atoms with E-state index in [0.717, 1.165) is 18.6 Å². The fraction of sp³-hybridized carbons (Fsp3) is 0.385. The van der Waals surface area contributed by atoms with Crippen molar-refractivity contribution in [1.29, 1.82) is 0 Å². The Morgan fingerprint density at radius 2 is 2.00 bits per heavy atom. The molecule has 0 unspecified atom stereocenters. The summed E-state index contributed by atoms with van der Waals surface area (Å²) in [4.78, 5) is 18.7. The second-order valence-electron chi connectivity index (χ2n) is 4.55. The van der Waals surface area contributed by atoms with Crippen molar-refractivity contribution in [3.8, 4) is 0 Å². The molecule has 0 saturated heterocycles. The SMILES string of the molecule is CN(C)CCNc1nc2ccccc2c(=O)n1C.Cl. The molecule has 19 heavy (non-hydrogen) atoms. The zero-order valence-electron chi connectivity index (χ0n) is 11.4. The Morgan fingerprint density at radius 3 is 2.68 bits per heavy atom. The van der Waals surface area contributed by atoms with E-state index in [2.05, 4.69) is 15.2 Å². The van der Waals surface area contributed by atoms with Crippen molar-refractivity contribution in [3.05, 3.63) is 34.6 Å². The third-order valence-corrected chi connectivity index (χ3v) is 2.83. The fourth-order valence-electron chi connectivity index (χ4n) is 1.77. The summed E-state index contributed by atoms with van der Waals surface area (Å²) < 4.78 is 1.55. The first-order chi connectivity index (χ1) is 8.59. The third kappa shape index (κ3) is 3.45. The number of nitrogens with zero attached hydrogens (tertiary/aromatic N) is 3. The van der Waals surface area contributed by atoms with Gasteiger partial charge in [0.2, 0.25) is 5.95 Å². The maximum atomic E-state index is 12.1. The van der Waals surface area contributed by atoms with Gasteiger partial charge in [-0.3, -0.25) is 9.36 Å². The second kappa shape index (κ2) is 6.54. The van der Waals surface area contributed by atoms with Gasteiger partial charge in [0.25, 0.3) is 5.56 Å². The Kier molecular flexibility index (Phi) is 5.32. The van der Waals surface area contributed by atoms with Crippen molar-refractivity contribution < 1.29 is 0 Å². The van der Waals surface area contributed by atoms with Crippen molar-refractivity contribution in [2.45, 2.75) is 0 Å². The van der Waals surface area contributed by atoms with E-state index in [4.69, 9.17) is 0 Å². The number of fused-ring (bicyclic) bond motifs is 1. The van der Waals surface area contributed by atoms with E-state index >= 15 is 0 Å². The summed E-state index contributed by atoms with van der Waals surface area (Å²) >= 11 is 0. The number of hydrogen-bond acceptors (Lipinski definition) is 4. The molecule has 0 bridgehead atoms. The van der Waals surface area contributed by atoms with E-state index in [1.165, 1.54) is 0 Å². The molecule has 0 spiro atoms. The van der Waals surface area contributed by atoms with E-state index in [9.17, 15) is 4.79 Å². The van der Waals surface area contributed by atoms with Crippen LogP contribution in [0, 0.1) is 0 Å². The highest BCUT2D eigenvalue weighted by atomic mass is 35.5. The minimum atomic E-state index is -0.0204. The number of halogens is 1. The zero-order valence-corrected chi connectivity index (χ0v) is 12.2. The van der Waals surface area contributed by atoms with Crippen molar-refractivity contribution in [1.82, 2.24) is 14.5 Å². The first-order valence-corrected chi connectivity index (χ1v) is 5.94. The molecule has 2 rings (SSSR count). The highest BCUT2D eigenvalue weighted by Crippen LogP contribution is 2.09. The average Bonchev–Trinajstić information content (AvgIpc) is 2.35. The Hall–Kier alpha value is -1.59. The molecular formula is C13H19ClN4O. The normalized spacial score (nSPS) is 10.5. The van der Waals surface area contributed by atoms with E-state index in [1.807, 2.05) is 32.3 Å². The van der Waals surface area contributed by atoms with Crippen LogP contribution in [0.5, 0.6) is 0 Å². The lowest BCUT2D eigenvalue weighted by Crippen LogP contribution is -2.26. The summed E-state index contributed by atoms with van der Waals surface area (Å²) in [6.45, 7) is 1.65. The number of aromatic nitrogens is 2. The van der Waals surface area contributed by atoms with Gasteiger partial charge in [-0.2, -0.15) is 0 Å². The molecule has 0 aliphatic carbocycles. The molecule has 1 N–H and O–H groups in total. The molecule has 1 aromatic heterocycles. The van der Waals surface area contributed by atoms with Crippen LogP contribution in [0.3, 0.4) is 0 Å². The predicted molar refractivity (Wildman–Crippen MR) is 81.3 cm³/mol. The van der Waals surface area contributed by atoms with Crippen LogP contribution in [0.15, 0.2) is 29.1 Å². The number of rotatable bonds is 4. The molecule has 6 heteroatoms. The van der Waals surface area contributed by atoms with Gasteiger partial charge < -0.3 is 10.2 Å². The number of likely N-dealkylation sites (N-methyl/N-ethyl adjacent to an activating group) is 1.